The number of halogens is 1. The van der Waals surface area contributed by atoms with E-state index in [1.165, 1.54) is 12.3 Å². The van der Waals surface area contributed by atoms with Gasteiger partial charge in [-0.05, 0) is 24.3 Å². The van der Waals surface area contributed by atoms with Crippen LogP contribution in [0, 0.1) is 17.1 Å². The standard InChI is InChI=1S/C17H15FN4O/c18-16-14(12-23)4-5-20-17(16)22-8-6-21(7-9-22)15-3-1-2-13(10-15)11-19/h1-5,10,12H,6-9H2. The molecule has 116 valence electrons. The van der Waals surface area contributed by atoms with Gasteiger partial charge in [-0.3, -0.25) is 4.79 Å². The third kappa shape index (κ3) is 2.99. The normalized spacial score (nSPS) is 14.4. The van der Waals surface area contributed by atoms with Gasteiger partial charge in [-0.25, -0.2) is 9.37 Å². The van der Waals surface area contributed by atoms with Crippen LogP contribution in [0.25, 0.3) is 0 Å². The number of carbonyl (C=O) groups excluding carboxylic acids is 1. The Morgan fingerprint density at radius 3 is 2.61 bits per heavy atom. The van der Waals surface area contributed by atoms with Crippen LogP contribution in [-0.4, -0.2) is 37.4 Å². The number of nitriles is 1. The summed E-state index contributed by atoms with van der Waals surface area (Å²) < 4.78 is 14.2. The van der Waals surface area contributed by atoms with Crippen molar-refractivity contribution in [2.45, 2.75) is 0 Å². The first kappa shape index (κ1) is 15.0. The van der Waals surface area contributed by atoms with E-state index in [9.17, 15) is 9.18 Å². The molecule has 0 spiro atoms. The Kier molecular flexibility index (Phi) is 4.20. The Hall–Kier alpha value is -2.94. The molecule has 6 heteroatoms. The number of aldehydes is 1. The molecule has 0 aliphatic carbocycles. The highest BCUT2D eigenvalue weighted by Gasteiger charge is 2.22. The van der Waals surface area contributed by atoms with E-state index in [2.05, 4.69) is 16.0 Å². The summed E-state index contributed by atoms with van der Waals surface area (Å²) in [6, 6.07) is 10.9. The molecule has 1 aromatic heterocycles. The third-order valence-corrected chi connectivity index (χ3v) is 3.95. The zero-order chi connectivity index (χ0) is 16.2. The number of pyridine rings is 1. The maximum atomic E-state index is 14.2. The van der Waals surface area contributed by atoms with Crippen molar-refractivity contribution in [1.29, 1.82) is 5.26 Å². The number of hydrogen-bond acceptors (Lipinski definition) is 5. The molecule has 0 bridgehead atoms. The first-order valence-corrected chi connectivity index (χ1v) is 7.32. The molecular weight excluding hydrogens is 295 g/mol. The minimum Gasteiger partial charge on any atom is -0.368 e. The van der Waals surface area contributed by atoms with Crippen LogP contribution >= 0.6 is 0 Å². The van der Waals surface area contributed by atoms with Crippen molar-refractivity contribution in [1.82, 2.24) is 4.98 Å². The second kappa shape index (κ2) is 6.44. The zero-order valence-corrected chi connectivity index (χ0v) is 12.4. The summed E-state index contributed by atoms with van der Waals surface area (Å²) in [6.07, 6.45) is 1.95. The van der Waals surface area contributed by atoms with E-state index in [0.29, 0.717) is 38.0 Å². The topological polar surface area (TPSA) is 60.2 Å². The molecule has 0 unspecified atom stereocenters. The van der Waals surface area contributed by atoms with E-state index in [-0.39, 0.29) is 11.4 Å². The van der Waals surface area contributed by atoms with E-state index >= 15 is 0 Å². The fraction of sp³-hybridized carbons (Fsp3) is 0.235. The van der Waals surface area contributed by atoms with Gasteiger partial charge in [0.25, 0.3) is 0 Å². The molecular formula is C17H15FN4O. The highest BCUT2D eigenvalue weighted by Crippen LogP contribution is 2.23. The van der Waals surface area contributed by atoms with Crippen LogP contribution in [0.3, 0.4) is 0 Å². The minimum absolute atomic E-state index is 0.0270. The van der Waals surface area contributed by atoms with Crippen LogP contribution in [0.4, 0.5) is 15.9 Å². The summed E-state index contributed by atoms with van der Waals surface area (Å²) in [4.78, 5) is 18.9. The van der Waals surface area contributed by atoms with Gasteiger partial charge in [-0.2, -0.15) is 5.26 Å². The van der Waals surface area contributed by atoms with Crippen molar-refractivity contribution in [3.63, 3.8) is 0 Å². The zero-order valence-electron chi connectivity index (χ0n) is 12.4. The Morgan fingerprint density at radius 2 is 1.91 bits per heavy atom. The van der Waals surface area contributed by atoms with Crippen molar-refractivity contribution < 1.29 is 9.18 Å². The number of benzene rings is 1. The lowest BCUT2D eigenvalue weighted by Crippen LogP contribution is -2.47. The molecule has 2 heterocycles. The molecule has 0 N–H and O–H groups in total. The Balaban J connectivity index is 1.74. The number of carbonyl (C=O) groups is 1. The third-order valence-electron chi connectivity index (χ3n) is 3.95. The number of nitrogens with zero attached hydrogens (tertiary/aromatic N) is 4. The first-order chi connectivity index (χ1) is 11.2. The van der Waals surface area contributed by atoms with Crippen molar-refractivity contribution in [3.8, 4) is 6.07 Å². The summed E-state index contributed by atoms with van der Waals surface area (Å²) in [7, 11) is 0. The predicted molar refractivity (Wildman–Crippen MR) is 85.2 cm³/mol. The van der Waals surface area contributed by atoms with Gasteiger partial charge in [0.05, 0.1) is 17.2 Å². The van der Waals surface area contributed by atoms with Gasteiger partial charge in [0.1, 0.15) is 0 Å². The highest BCUT2D eigenvalue weighted by molar-refractivity contribution is 5.77. The molecule has 1 saturated heterocycles. The maximum Gasteiger partial charge on any atom is 0.176 e. The molecule has 3 rings (SSSR count). The maximum absolute atomic E-state index is 14.2. The molecule has 1 aromatic carbocycles. The van der Waals surface area contributed by atoms with Gasteiger partial charge in [0.15, 0.2) is 17.9 Å². The van der Waals surface area contributed by atoms with Crippen molar-refractivity contribution in [3.05, 3.63) is 53.5 Å². The summed E-state index contributed by atoms with van der Waals surface area (Å²) in [6.45, 7) is 2.59. The number of piperazine rings is 1. The average Bonchev–Trinajstić information content (AvgIpc) is 2.62. The quantitative estimate of drug-likeness (QED) is 0.814. The van der Waals surface area contributed by atoms with Crippen LogP contribution in [0.15, 0.2) is 36.5 Å². The van der Waals surface area contributed by atoms with Crippen LogP contribution in [0.1, 0.15) is 15.9 Å². The summed E-state index contributed by atoms with van der Waals surface area (Å²) in [5, 5.41) is 8.98. The highest BCUT2D eigenvalue weighted by atomic mass is 19.1. The summed E-state index contributed by atoms with van der Waals surface area (Å²) in [5.74, 6) is -0.345. The largest absolute Gasteiger partial charge is 0.368 e. The van der Waals surface area contributed by atoms with Crippen molar-refractivity contribution in [2.75, 3.05) is 36.0 Å². The van der Waals surface area contributed by atoms with Gasteiger partial charge in [-0.15, -0.1) is 0 Å². The molecule has 0 saturated carbocycles. The molecule has 2 aromatic rings. The molecule has 0 radical (unpaired) electrons. The Labute approximate surface area is 133 Å². The van der Waals surface area contributed by atoms with Gasteiger partial charge in [0, 0.05) is 38.1 Å². The molecule has 23 heavy (non-hydrogen) atoms. The van der Waals surface area contributed by atoms with E-state index in [4.69, 9.17) is 5.26 Å². The number of hydrogen-bond donors (Lipinski definition) is 0. The van der Waals surface area contributed by atoms with E-state index in [1.54, 1.807) is 6.07 Å². The van der Waals surface area contributed by atoms with Gasteiger partial charge in [-0.1, -0.05) is 6.07 Å². The minimum atomic E-state index is -0.567. The van der Waals surface area contributed by atoms with Crippen molar-refractivity contribution >= 4 is 17.8 Å². The fourth-order valence-electron chi connectivity index (χ4n) is 2.71. The van der Waals surface area contributed by atoms with Gasteiger partial charge in [0.2, 0.25) is 0 Å². The number of aromatic nitrogens is 1. The average molecular weight is 310 g/mol. The van der Waals surface area contributed by atoms with E-state index in [1.807, 2.05) is 23.1 Å². The second-order valence-electron chi connectivity index (χ2n) is 5.29. The Bertz CT molecular complexity index is 763. The summed E-state index contributed by atoms with van der Waals surface area (Å²) >= 11 is 0. The number of rotatable bonds is 3. The first-order valence-electron chi connectivity index (χ1n) is 7.32. The van der Waals surface area contributed by atoms with Crippen LogP contribution in [0.5, 0.6) is 0 Å². The van der Waals surface area contributed by atoms with Crippen LogP contribution < -0.4 is 9.80 Å². The van der Waals surface area contributed by atoms with E-state index in [0.717, 1.165) is 5.69 Å². The van der Waals surface area contributed by atoms with E-state index < -0.39 is 5.82 Å². The lowest BCUT2D eigenvalue weighted by molar-refractivity contribution is 0.111. The molecule has 1 aliphatic rings. The lowest BCUT2D eigenvalue weighted by Gasteiger charge is -2.36. The van der Waals surface area contributed by atoms with Crippen LogP contribution in [0.2, 0.25) is 0 Å². The van der Waals surface area contributed by atoms with Gasteiger partial charge < -0.3 is 9.80 Å². The number of anilines is 2. The van der Waals surface area contributed by atoms with Crippen LogP contribution in [-0.2, 0) is 0 Å². The molecule has 5 nitrogen and oxygen atoms in total. The monoisotopic (exact) mass is 310 g/mol. The molecule has 1 fully saturated rings. The van der Waals surface area contributed by atoms with Gasteiger partial charge >= 0.3 is 0 Å². The lowest BCUT2D eigenvalue weighted by atomic mass is 10.2. The Morgan fingerprint density at radius 1 is 1.17 bits per heavy atom. The molecule has 0 amide bonds. The predicted octanol–water partition coefficient (Wildman–Crippen LogP) is 2.23. The fourth-order valence-corrected chi connectivity index (χ4v) is 2.71. The smallest absolute Gasteiger partial charge is 0.176 e. The second-order valence-corrected chi connectivity index (χ2v) is 5.29. The summed E-state index contributed by atoms with van der Waals surface area (Å²) in [5.41, 5.74) is 1.63. The SMILES string of the molecule is N#Cc1cccc(N2CCN(c3nccc(C=O)c3F)CC2)c1. The molecule has 1 aliphatic heterocycles. The molecule has 0 atom stereocenters. The van der Waals surface area contributed by atoms with Crippen molar-refractivity contribution in [2.24, 2.45) is 0 Å².